The first-order valence-electron chi connectivity index (χ1n) is 4.67. The third kappa shape index (κ3) is 2.42. The molecule has 0 aliphatic rings. The Morgan fingerprint density at radius 3 is 2.82 bits per heavy atom. The van der Waals surface area contributed by atoms with Crippen LogP contribution in [0.3, 0.4) is 0 Å². The number of nitro groups is 1. The van der Waals surface area contributed by atoms with E-state index in [0.717, 1.165) is 4.90 Å². The van der Waals surface area contributed by atoms with Crippen LogP contribution in [0.2, 0.25) is 5.02 Å². The molecule has 0 aliphatic heterocycles. The lowest BCUT2D eigenvalue weighted by Gasteiger charge is -2.03. The monoisotopic (exact) mass is 269 g/mol. The Bertz CT molecular complexity index is 570. The molecule has 0 radical (unpaired) electrons. The fourth-order valence-corrected chi connectivity index (χ4v) is 2.46. The average molecular weight is 270 g/mol. The average Bonchev–Trinajstić information content (AvgIpc) is 2.64. The van der Waals surface area contributed by atoms with Gasteiger partial charge < -0.3 is 14.7 Å². The van der Waals surface area contributed by atoms with Crippen LogP contribution in [0.15, 0.2) is 40.5 Å². The molecule has 0 saturated carbocycles. The van der Waals surface area contributed by atoms with Gasteiger partial charge in [-0.05, 0) is 22.0 Å². The van der Waals surface area contributed by atoms with Crippen molar-refractivity contribution in [3.63, 3.8) is 0 Å². The van der Waals surface area contributed by atoms with Crippen molar-refractivity contribution in [2.45, 2.75) is 9.92 Å². The van der Waals surface area contributed by atoms with Crippen molar-refractivity contribution in [3.05, 3.63) is 45.7 Å². The molecule has 0 spiro atoms. The molecule has 2 aromatic rings. The van der Waals surface area contributed by atoms with E-state index in [1.165, 1.54) is 18.1 Å². The van der Waals surface area contributed by atoms with E-state index in [0.29, 0.717) is 10.0 Å². The zero-order chi connectivity index (χ0) is 12.4. The number of nitrogens with zero attached hydrogens (tertiary/aromatic N) is 3. The highest BCUT2D eigenvalue weighted by Crippen LogP contribution is 2.36. The molecule has 1 aromatic carbocycles. The molecule has 1 heterocycles. The van der Waals surface area contributed by atoms with Gasteiger partial charge in [-0.25, -0.2) is 0 Å². The zero-order valence-electron chi connectivity index (χ0n) is 8.83. The number of rotatable bonds is 3. The maximum absolute atomic E-state index is 10.8. The zero-order valence-corrected chi connectivity index (χ0v) is 10.4. The first kappa shape index (κ1) is 11.9. The highest BCUT2D eigenvalue weighted by atomic mass is 35.5. The lowest BCUT2D eigenvalue weighted by atomic mass is 10.4. The summed E-state index contributed by atoms with van der Waals surface area (Å²) in [5.74, 6) is -0.155. The van der Waals surface area contributed by atoms with Crippen molar-refractivity contribution < 1.29 is 4.92 Å². The Balaban J connectivity index is 2.39. The van der Waals surface area contributed by atoms with Gasteiger partial charge in [0.05, 0.1) is 5.02 Å². The third-order valence-electron chi connectivity index (χ3n) is 2.08. The van der Waals surface area contributed by atoms with Crippen LogP contribution in [-0.2, 0) is 7.05 Å². The molecule has 0 atom stereocenters. The van der Waals surface area contributed by atoms with Crippen LogP contribution >= 0.6 is 23.4 Å². The number of benzene rings is 1. The SMILES string of the molecule is Cn1cnc([N+](=O)[O-])c1Sc1ccccc1Cl. The van der Waals surface area contributed by atoms with E-state index in [2.05, 4.69) is 4.98 Å². The van der Waals surface area contributed by atoms with E-state index in [1.807, 2.05) is 18.2 Å². The first-order valence-corrected chi connectivity index (χ1v) is 5.87. The molecule has 0 amide bonds. The van der Waals surface area contributed by atoms with E-state index in [9.17, 15) is 10.1 Å². The van der Waals surface area contributed by atoms with Crippen LogP contribution < -0.4 is 0 Å². The maximum atomic E-state index is 10.8. The molecule has 0 fully saturated rings. The summed E-state index contributed by atoms with van der Waals surface area (Å²) in [7, 11) is 1.71. The predicted octanol–water partition coefficient (Wildman–Crippen LogP) is 3.13. The van der Waals surface area contributed by atoms with Crippen molar-refractivity contribution in [1.82, 2.24) is 9.55 Å². The smallest absolute Gasteiger partial charge is 0.358 e. The van der Waals surface area contributed by atoms with Crippen LogP contribution in [0.1, 0.15) is 0 Å². The Kier molecular flexibility index (Phi) is 3.35. The number of imidazole rings is 1. The predicted molar refractivity (Wildman–Crippen MR) is 65.4 cm³/mol. The normalized spacial score (nSPS) is 10.5. The largest absolute Gasteiger partial charge is 0.396 e. The van der Waals surface area contributed by atoms with E-state index in [1.54, 1.807) is 17.7 Å². The Morgan fingerprint density at radius 2 is 2.18 bits per heavy atom. The Labute approximate surface area is 107 Å². The van der Waals surface area contributed by atoms with Gasteiger partial charge >= 0.3 is 5.82 Å². The van der Waals surface area contributed by atoms with Crippen molar-refractivity contribution in [1.29, 1.82) is 0 Å². The lowest BCUT2D eigenvalue weighted by molar-refractivity contribution is -0.392. The number of halogens is 1. The third-order valence-corrected chi connectivity index (χ3v) is 3.76. The highest BCUT2D eigenvalue weighted by Gasteiger charge is 2.21. The minimum atomic E-state index is -0.501. The quantitative estimate of drug-likeness (QED) is 0.634. The van der Waals surface area contributed by atoms with E-state index in [-0.39, 0.29) is 5.82 Å². The second-order valence-electron chi connectivity index (χ2n) is 3.27. The van der Waals surface area contributed by atoms with Crippen LogP contribution in [0, 0.1) is 10.1 Å². The molecule has 0 unspecified atom stereocenters. The van der Waals surface area contributed by atoms with Crippen molar-refractivity contribution in [2.24, 2.45) is 7.05 Å². The van der Waals surface area contributed by atoms with Gasteiger partial charge in [0.15, 0.2) is 5.03 Å². The van der Waals surface area contributed by atoms with Crippen molar-refractivity contribution in [2.75, 3.05) is 0 Å². The molecule has 0 saturated heterocycles. The van der Waals surface area contributed by atoms with E-state index in [4.69, 9.17) is 11.6 Å². The summed E-state index contributed by atoms with van der Waals surface area (Å²) in [5.41, 5.74) is 0. The molecule has 2 rings (SSSR count). The molecule has 5 nitrogen and oxygen atoms in total. The van der Waals surface area contributed by atoms with E-state index >= 15 is 0 Å². The van der Waals surface area contributed by atoms with Gasteiger partial charge in [-0.1, -0.05) is 35.5 Å². The summed E-state index contributed by atoms with van der Waals surface area (Å²) in [4.78, 5) is 14.8. The number of hydrogen-bond donors (Lipinski definition) is 0. The van der Waals surface area contributed by atoms with Crippen LogP contribution in [-0.4, -0.2) is 14.5 Å². The molecule has 17 heavy (non-hydrogen) atoms. The van der Waals surface area contributed by atoms with Gasteiger partial charge in [-0.15, -0.1) is 0 Å². The second kappa shape index (κ2) is 4.77. The summed E-state index contributed by atoms with van der Waals surface area (Å²) in [6.07, 6.45) is 1.41. The molecular weight excluding hydrogens is 262 g/mol. The summed E-state index contributed by atoms with van der Waals surface area (Å²) >= 11 is 7.23. The highest BCUT2D eigenvalue weighted by molar-refractivity contribution is 7.99. The van der Waals surface area contributed by atoms with Gasteiger partial charge in [0.2, 0.25) is 6.33 Å². The second-order valence-corrected chi connectivity index (χ2v) is 4.71. The van der Waals surface area contributed by atoms with Gasteiger partial charge in [-0.2, -0.15) is 0 Å². The minimum Gasteiger partial charge on any atom is -0.358 e. The Hall–Kier alpha value is -1.53. The molecule has 0 aliphatic carbocycles. The standard InChI is InChI=1S/C10H8ClN3O2S/c1-13-6-12-9(14(15)16)10(13)17-8-5-3-2-4-7(8)11/h2-6H,1H3. The fraction of sp³-hybridized carbons (Fsp3) is 0.100. The van der Waals surface area contributed by atoms with Crippen LogP contribution in [0.25, 0.3) is 0 Å². The summed E-state index contributed by atoms with van der Waals surface area (Å²) in [6.45, 7) is 0. The maximum Gasteiger partial charge on any atom is 0.396 e. The number of aromatic nitrogens is 2. The van der Waals surface area contributed by atoms with Gasteiger partial charge in [-0.3, -0.25) is 0 Å². The minimum absolute atomic E-state index is 0.155. The summed E-state index contributed by atoms with van der Waals surface area (Å²) in [6, 6.07) is 7.19. The van der Waals surface area contributed by atoms with E-state index < -0.39 is 4.92 Å². The Morgan fingerprint density at radius 1 is 1.47 bits per heavy atom. The van der Waals surface area contributed by atoms with Gasteiger partial charge in [0, 0.05) is 11.9 Å². The molecule has 1 aromatic heterocycles. The summed E-state index contributed by atoms with van der Waals surface area (Å²) in [5, 5.41) is 11.8. The lowest BCUT2D eigenvalue weighted by Crippen LogP contribution is -1.93. The molecular formula is C10H8ClN3O2S. The molecule has 88 valence electrons. The van der Waals surface area contributed by atoms with Crippen LogP contribution in [0.4, 0.5) is 5.82 Å². The first-order chi connectivity index (χ1) is 8.09. The number of aryl methyl sites for hydroxylation is 1. The number of hydrogen-bond acceptors (Lipinski definition) is 4. The van der Waals surface area contributed by atoms with Gasteiger partial charge in [0.1, 0.15) is 0 Å². The fourth-order valence-electron chi connectivity index (χ4n) is 1.28. The molecule has 7 heteroatoms. The van der Waals surface area contributed by atoms with Crippen molar-refractivity contribution >= 4 is 29.2 Å². The molecule has 0 N–H and O–H groups in total. The van der Waals surface area contributed by atoms with Crippen molar-refractivity contribution in [3.8, 4) is 0 Å². The topological polar surface area (TPSA) is 61.0 Å². The molecule has 0 bridgehead atoms. The van der Waals surface area contributed by atoms with Gasteiger partial charge in [0.25, 0.3) is 0 Å². The summed E-state index contributed by atoms with van der Waals surface area (Å²) < 4.78 is 1.60. The van der Waals surface area contributed by atoms with Crippen LogP contribution in [0.5, 0.6) is 0 Å².